The lowest BCUT2D eigenvalue weighted by Crippen LogP contribution is -2.37. The van der Waals surface area contributed by atoms with E-state index in [1.165, 1.54) is 5.69 Å². The molecule has 0 fully saturated rings. The molecule has 0 bridgehead atoms. The Kier molecular flexibility index (Phi) is 11.3. The summed E-state index contributed by atoms with van der Waals surface area (Å²) in [6.45, 7) is 2.66. The molecule has 0 aliphatic rings. The first-order valence-corrected chi connectivity index (χ1v) is 9.06. The smallest absolute Gasteiger partial charge is 0.191 e. The number of aliphatic imine (C=N–C) groups is 1. The normalized spacial score (nSPS) is 10.7. The average molecular weight is 482 g/mol. The van der Waals surface area contributed by atoms with Gasteiger partial charge in [0.2, 0.25) is 0 Å². The number of rotatable bonds is 9. The third-order valence-corrected chi connectivity index (χ3v) is 4.23. The molecule has 0 aliphatic carbocycles. The van der Waals surface area contributed by atoms with Crippen LogP contribution in [0.5, 0.6) is 5.75 Å². The Balaban J connectivity index is 0.00000364. The Labute approximate surface area is 180 Å². The zero-order valence-corrected chi connectivity index (χ0v) is 18.8. The van der Waals surface area contributed by atoms with Gasteiger partial charge in [0.1, 0.15) is 5.75 Å². The molecule has 0 saturated carbocycles. The van der Waals surface area contributed by atoms with Gasteiger partial charge in [0, 0.05) is 39.4 Å². The largest absolute Gasteiger partial charge is 0.497 e. The van der Waals surface area contributed by atoms with Gasteiger partial charge in [-0.15, -0.1) is 24.0 Å². The number of halogens is 1. The molecule has 0 unspecified atom stereocenters. The maximum atomic E-state index is 5.25. The predicted octanol–water partition coefficient (Wildman–Crippen LogP) is 3.89. The lowest BCUT2D eigenvalue weighted by Gasteiger charge is -2.19. The highest BCUT2D eigenvalue weighted by molar-refractivity contribution is 14.0. The summed E-state index contributed by atoms with van der Waals surface area (Å²) in [5.41, 5.74) is 2.42. The number of benzene rings is 2. The number of methoxy groups -OCH3 is 1. The van der Waals surface area contributed by atoms with Crippen LogP contribution in [-0.4, -0.2) is 40.3 Å². The van der Waals surface area contributed by atoms with Crippen LogP contribution in [0.15, 0.2) is 59.6 Å². The second-order valence-corrected chi connectivity index (χ2v) is 6.17. The zero-order chi connectivity index (χ0) is 18.6. The van der Waals surface area contributed by atoms with E-state index in [1.54, 1.807) is 14.2 Å². The molecule has 148 valence electrons. The highest BCUT2D eigenvalue weighted by Gasteiger charge is 2.01. The van der Waals surface area contributed by atoms with E-state index >= 15 is 0 Å². The number of hydrogen-bond acceptors (Lipinski definition) is 3. The van der Waals surface area contributed by atoms with Crippen molar-refractivity contribution < 1.29 is 4.74 Å². The van der Waals surface area contributed by atoms with Gasteiger partial charge >= 0.3 is 0 Å². The fraction of sp³-hybridized carbons (Fsp3) is 0.381. The Hall–Kier alpha value is -1.96. The van der Waals surface area contributed by atoms with E-state index in [-0.39, 0.29) is 24.0 Å². The molecule has 0 aliphatic heterocycles. The third-order valence-electron chi connectivity index (χ3n) is 4.23. The van der Waals surface area contributed by atoms with Gasteiger partial charge in [0.25, 0.3) is 0 Å². The van der Waals surface area contributed by atoms with Crippen LogP contribution < -0.4 is 20.3 Å². The van der Waals surface area contributed by atoms with Crippen molar-refractivity contribution in [1.29, 1.82) is 0 Å². The van der Waals surface area contributed by atoms with Crippen molar-refractivity contribution in [3.8, 4) is 5.75 Å². The summed E-state index contributed by atoms with van der Waals surface area (Å²) in [5, 5.41) is 6.71. The summed E-state index contributed by atoms with van der Waals surface area (Å²) in [6.07, 6.45) is 2.22. The van der Waals surface area contributed by atoms with Crippen LogP contribution in [0.4, 0.5) is 5.69 Å². The molecule has 0 aromatic heterocycles. The Morgan fingerprint density at radius 3 is 2.52 bits per heavy atom. The molecular formula is C21H31IN4O. The van der Waals surface area contributed by atoms with Crippen molar-refractivity contribution in [2.24, 2.45) is 4.99 Å². The van der Waals surface area contributed by atoms with Crippen LogP contribution in [-0.2, 0) is 6.54 Å². The number of anilines is 1. The van der Waals surface area contributed by atoms with Gasteiger partial charge in [-0.2, -0.15) is 0 Å². The van der Waals surface area contributed by atoms with Crippen LogP contribution in [0.25, 0.3) is 0 Å². The molecule has 2 aromatic rings. The predicted molar refractivity (Wildman–Crippen MR) is 126 cm³/mol. The second kappa shape index (κ2) is 13.2. The minimum atomic E-state index is 0. The number of unbranched alkanes of at least 4 members (excludes halogenated alkanes) is 1. The molecule has 2 N–H and O–H groups in total. The van der Waals surface area contributed by atoms with E-state index in [2.05, 4.69) is 57.9 Å². The summed E-state index contributed by atoms with van der Waals surface area (Å²) in [5.74, 6) is 1.69. The maximum absolute atomic E-state index is 5.25. The van der Waals surface area contributed by atoms with Crippen LogP contribution in [0, 0.1) is 0 Å². The van der Waals surface area contributed by atoms with Gasteiger partial charge in [-0.05, 0) is 42.7 Å². The SMILES string of the molecule is CN=C(NCCCCN(C)c1ccccc1)NCc1cccc(OC)c1.I. The molecule has 0 heterocycles. The number of nitrogens with zero attached hydrogens (tertiary/aromatic N) is 2. The Bertz CT molecular complexity index is 679. The van der Waals surface area contributed by atoms with E-state index in [4.69, 9.17) is 4.74 Å². The number of para-hydroxylation sites is 1. The van der Waals surface area contributed by atoms with E-state index in [1.807, 2.05) is 24.3 Å². The van der Waals surface area contributed by atoms with Crippen molar-refractivity contribution in [1.82, 2.24) is 10.6 Å². The molecule has 0 amide bonds. The monoisotopic (exact) mass is 482 g/mol. The van der Waals surface area contributed by atoms with Gasteiger partial charge in [-0.25, -0.2) is 0 Å². The van der Waals surface area contributed by atoms with Crippen molar-refractivity contribution in [2.45, 2.75) is 19.4 Å². The quantitative estimate of drug-likeness (QED) is 0.247. The van der Waals surface area contributed by atoms with Crippen LogP contribution in [0.3, 0.4) is 0 Å². The number of nitrogens with one attached hydrogen (secondary N) is 2. The molecule has 0 saturated heterocycles. The first-order chi connectivity index (χ1) is 12.7. The first kappa shape index (κ1) is 23.1. The van der Waals surface area contributed by atoms with E-state index in [0.29, 0.717) is 6.54 Å². The van der Waals surface area contributed by atoms with Crippen LogP contribution >= 0.6 is 24.0 Å². The van der Waals surface area contributed by atoms with Crippen LogP contribution in [0.2, 0.25) is 0 Å². The van der Waals surface area contributed by atoms with E-state index in [0.717, 1.165) is 43.2 Å². The Morgan fingerprint density at radius 1 is 1.04 bits per heavy atom. The summed E-state index contributed by atoms with van der Waals surface area (Å²) in [4.78, 5) is 6.57. The van der Waals surface area contributed by atoms with Gasteiger partial charge in [0.15, 0.2) is 5.96 Å². The minimum absolute atomic E-state index is 0. The number of hydrogen-bond donors (Lipinski definition) is 2. The number of ether oxygens (including phenoxy) is 1. The molecule has 6 heteroatoms. The summed E-state index contributed by atoms with van der Waals surface area (Å²) in [7, 11) is 5.61. The maximum Gasteiger partial charge on any atom is 0.191 e. The summed E-state index contributed by atoms with van der Waals surface area (Å²) < 4.78 is 5.25. The van der Waals surface area contributed by atoms with E-state index in [9.17, 15) is 0 Å². The third kappa shape index (κ3) is 8.51. The van der Waals surface area contributed by atoms with Gasteiger partial charge in [-0.1, -0.05) is 30.3 Å². The standard InChI is InChI=1S/C21H30N4O.HI/c1-22-21(24-17-18-10-9-13-20(16-18)26-3)23-14-7-8-15-25(2)19-11-5-4-6-12-19;/h4-6,9-13,16H,7-8,14-15,17H2,1-3H3,(H2,22,23,24);1H. The first-order valence-electron chi connectivity index (χ1n) is 9.06. The van der Waals surface area contributed by atoms with Crippen molar-refractivity contribution in [2.75, 3.05) is 39.2 Å². The van der Waals surface area contributed by atoms with Crippen molar-refractivity contribution in [3.63, 3.8) is 0 Å². The van der Waals surface area contributed by atoms with Gasteiger partial charge < -0.3 is 20.3 Å². The highest BCUT2D eigenvalue weighted by Crippen LogP contribution is 2.12. The van der Waals surface area contributed by atoms with Crippen molar-refractivity contribution >= 4 is 35.6 Å². The molecule has 2 aromatic carbocycles. The lowest BCUT2D eigenvalue weighted by molar-refractivity contribution is 0.414. The summed E-state index contributed by atoms with van der Waals surface area (Å²) >= 11 is 0. The fourth-order valence-corrected chi connectivity index (χ4v) is 2.68. The minimum Gasteiger partial charge on any atom is -0.497 e. The molecular weight excluding hydrogens is 451 g/mol. The molecule has 5 nitrogen and oxygen atoms in total. The number of guanidine groups is 1. The fourth-order valence-electron chi connectivity index (χ4n) is 2.68. The lowest BCUT2D eigenvalue weighted by atomic mass is 10.2. The molecule has 2 rings (SSSR count). The molecule has 27 heavy (non-hydrogen) atoms. The molecule has 0 spiro atoms. The average Bonchev–Trinajstić information content (AvgIpc) is 2.70. The second-order valence-electron chi connectivity index (χ2n) is 6.17. The highest BCUT2D eigenvalue weighted by atomic mass is 127. The van der Waals surface area contributed by atoms with Gasteiger partial charge in [-0.3, -0.25) is 4.99 Å². The van der Waals surface area contributed by atoms with Crippen molar-refractivity contribution in [3.05, 3.63) is 60.2 Å². The topological polar surface area (TPSA) is 48.9 Å². The molecule has 0 atom stereocenters. The van der Waals surface area contributed by atoms with Gasteiger partial charge in [0.05, 0.1) is 7.11 Å². The Morgan fingerprint density at radius 2 is 1.81 bits per heavy atom. The molecule has 0 radical (unpaired) electrons. The van der Waals surface area contributed by atoms with Crippen LogP contribution in [0.1, 0.15) is 18.4 Å². The van der Waals surface area contributed by atoms with E-state index < -0.39 is 0 Å². The zero-order valence-electron chi connectivity index (χ0n) is 16.4. The summed E-state index contributed by atoms with van der Waals surface area (Å²) in [6, 6.07) is 18.5.